The molecule has 0 aliphatic heterocycles. The van der Waals surface area contributed by atoms with Crippen molar-refractivity contribution in [3.05, 3.63) is 85.1 Å². The summed E-state index contributed by atoms with van der Waals surface area (Å²) in [4.78, 5) is 38.0. The van der Waals surface area contributed by atoms with Crippen LogP contribution >= 0.6 is 0 Å². The molecule has 6 heteroatoms. The fourth-order valence-corrected chi connectivity index (χ4v) is 7.41. The number of unbranched alkanes of at least 4 members (excludes halogenated alkanes) is 24. The van der Waals surface area contributed by atoms with Gasteiger partial charge in [-0.15, -0.1) is 0 Å². The summed E-state index contributed by atoms with van der Waals surface area (Å²) in [7, 11) is 0. The van der Waals surface area contributed by atoms with Crippen molar-refractivity contribution in [2.75, 3.05) is 13.2 Å². The number of ether oxygens (including phenoxy) is 3. The van der Waals surface area contributed by atoms with Gasteiger partial charge < -0.3 is 14.2 Å². The third-order valence-electron chi connectivity index (χ3n) is 11.6. The van der Waals surface area contributed by atoms with Gasteiger partial charge in [0.1, 0.15) is 13.2 Å². The summed E-state index contributed by atoms with van der Waals surface area (Å²) in [6.07, 6.45) is 70.1. The molecule has 0 rings (SSSR count). The van der Waals surface area contributed by atoms with E-state index in [-0.39, 0.29) is 44.0 Å². The first kappa shape index (κ1) is 62.6. The van der Waals surface area contributed by atoms with Crippen LogP contribution in [-0.4, -0.2) is 37.2 Å². The van der Waals surface area contributed by atoms with Crippen LogP contribution in [0.15, 0.2) is 85.1 Å². The van der Waals surface area contributed by atoms with Gasteiger partial charge in [-0.2, -0.15) is 0 Å². The Labute approximate surface area is 407 Å². The first-order chi connectivity index (χ1) is 32.5. The maximum atomic E-state index is 12.8. The van der Waals surface area contributed by atoms with Crippen molar-refractivity contribution in [1.82, 2.24) is 0 Å². The summed E-state index contributed by atoms with van der Waals surface area (Å²) in [5, 5.41) is 0. The van der Waals surface area contributed by atoms with Crippen molar-refractivity contribution < 1.29 is 28.6 Å². The fourth-order valence-electron chi connectivity index (χ4n) is 7.41. The van der Waals surface area contributed by atoms with Gasteiger partial charge in [-0.05, 0) is 109 Å². The summed E-state index contributed by atoms with van der Waals surface area (Å²) in [6.45, 7) is 6.52. The van der Waals surface area contributed by atoms with Crippen molar-refractivity contribution in [2.24, 2.45) is 0 Å². The number of hydrogen-bond donors (Lipinski definition) is 0. The lowest BCUT2D eigenvalue weighted by molar-refractivity contribution is -0.167. The molecule has 0 heterocycles. The van der Waals surface area contributed by atoms with Crippen LogP contribution in [0.25, 0.3) is 0 Å². The fraction of sp³-hybridized carbons (Fsp3) is 0.717. The van der Waals surface area contributed by atoms with Crippen LogP contribution in [0.4, 0.5) is 0 Å². The second-order valence-electron chi connectivity index (χ2n) is 18.1. The highest BCUT2D eigenvalue weighted by atomic mass is 16.6. The quantitative estimate of drug-likeness (QED) is 0.0262. The van der Waals surface area contributed by atoms with Gasteiger partial charge in [-0.3, -0.25) is 14.4 Å². The first-order valence-corrected chi connectivity index (χ1v) is 27.6. The van der Waals surface area contributed by atoms with Crippen molar-refractivity contribution in [1.29, 1.82) is 0 Å². The molecule has 1 atom stereocenters. The second-order valence-corrected chi connectivity index (χ2v) is 18.1. The minimum absolute atomic E-state index is 0.120. The monoisotopic (exact) mass is 919 g/mol. The average Bonchev–Trinajstić information content (AvgIpc) is 3.31. The van der Waals surface area contributed by atoms with Gasteiger partial charge in [0.05, 0.1) is 0 Å². The number of allylic oxidation sites excluding steroid dienone is 14. The van der Waals surface area contributed by atoms with E-state index in [1.54, 1.807) is 0 Å². The van der Waals surface area contributed by atoms with Gasteiger partial charge in [-0.25, -0.2) is 0 Å². The number of rotatable bonds is 49. The van der Waals surface area contributed by atoms with E-state index in [2.05, 4.69) is 106 Å². The van der Waals surface area contributed by atoms with Gasteiger partial charge in [0.25, 0.3) is 0 Å². The summed E-state index contributed by atoms with van der Waals surface area (Å²) >= 11 is 0. The topological polar surface area (TPSA) is 78.9 Å². The molecule has 0 N–H and O–H groups in total. The van der Waals surface area contributed by atoms with Crippen LogP contribution in [0.2, 0.25) is 0 Å². The largest absolute Gasteiger partial charge is 0.462 e. The van der Waals surface area contributed by atoms with Crippen LogP contribution in [0, 0.1) is 0 Å². The summed E-state index contributed by atoms with van der Waals surface area (Å²) in [5.41, 5.74) is 0. The van der Waals surface area contributed by atoms with Crippen LogP contribution in [0.1, 0.15) is 258 Å². The van der Waals surface area contributed by atoms with Gasteiger partial charge in [0.2, 0.25) is 0 Å². The van der Waals surface area contributed by atoms with E-state index < -0.39 is 6.10 Å². The second kappa shape index (κ2) is 54.2. The van der Waals surface area contributed by atoms with Crippen molar-refractivity contribution in [2.45, 2.75) is 264 Å². The molecule has 378 valence electrons. The minimum Gasteiger partial charge on any atom is -0.462 e. The van der Waals surface area contributed by atoms with Crippen LogP contribution in [-0.2, 0) is 28.6 Å². The maximum absolute atomic E-state index is 12.8. The highest BCUT2D eigenvalue weighted by Gasteiger charge is 2.19. The highest BCUT2D eigenvalue weighted by Crippen LogP contribution is 2.13. The Hall–Kier alpha value is -3.41. The van der Waals surface area contributed by atoms with Crippen LogP contribution in [0.3, 0.4) is 0 Å². The maximum Gasteiger partial charge on any atom is 0.306 e. The lowest BCUT2D eigenvalue weighted by Gasteiger charge is -2.18. The Bertz CT molecular complexity index is 1290. The molecular weight excluding hydrogens is 817 g/mol. The zero-order valence-corrected chi connectivity index (χ0v) is 43.2. The van der Waals surface area contributed by atoms with E-state index in [0.717, 1.165) is 70.6 Å². The van der Waals surface area contributed by atoms with Crippen LogP contribution < -0.4 is 0 Å². The normalized spacial score (nSPS) is 12.7. The minimum atomic E-state index is -0.829. The molecular formula is C60H102O6. The standard InChI is InChI=1S/C60H102O6/c1-4-7-10-13-16-19-22-25-28-30-32-35-38-41-44-47-50-53-59(62)65-56-57(55-64-58(61)52-49-46-43-40-37-34-27-24-21-18-15-12-9-6-3)66-60(63)54-51-48-45-42-39-36-33-31-29-26-23-20-17-14-11-8-5-2/h25-26,28-29,32-37,41-42,44-45,57H,4-24,27,30-31,38-40,43,46-56H2,1-3H3/b28-25-,29-26-,35-32-,36-33-,37-34-,44-41-,45-42-. The third kappa shape index (κ3) is 51.6. The molecule has 0 aromatic rings. The van der Waals surface area contributed by atoms with Crippen LogP contribution in [0.5, 0.6) is 0 Å². The van der Waals surface area contributed by atoms with Crippen molar-refractivity contribution in [3.63, 3.8) is 0 Å². The number of carbonyl (C=O) groups excluding carboxylic acids is 3. The Kier molecular flexibility index (Phi) is 51.4. The SMILES string of the molecule is CCCCCCCC/C=C\C/C=C\C/C=C\CCCC(=O)OCC(COC(=O)CCCCC/C=C\CCCCCCCCC)OC(=O)CCC/C=C\C/C=C\C/C=C\CCCCCCCC. The molecule has 0 radical (unpaired) electrons. The van der Waals surface area contributed by atoms with Crippen molar-refractivity contribution in [3.8, 4) is 0 Å². The predicted octanol–water partition coefficient (Wildman–Crippen LogP) is 18.4. The van der Waals surface area contributed by atoms with Gasteiger partial charge in [0.15, 0.2) is 6.10 Å². The smallest absolute Gasteiger partial charge is 0.306 e. The average molecular weight is 919 g/mol. The molecule has 0 aromatic carbocycles. The number of hydrogen-bond acceptors (Lipinski definition) is 6. The van der Waals surface area contributed by atoms with E-state index in [1.807, 2.05) is 0 Å². The van der Waals surface area contributed by atoms with Crippen molar-refractivity contribution >= 4 is 17.9 Å². The molecule has 66 heavy (non-hydrogen) atoms. The van der Waals surface area contributed by atoms with Gasteiger partial charge in [0, 0.05) is 19.3 Å². The molecule has 0 amide bonds. The molecule has 0 aromatic heterocycles. The van der Waals surface area contributed by atoms with E-state index in [4.69, 9.17) is 14.2 Å². The molecule has 0 aliphatic rings. The highest BCUT2D eigenvalue weighted by molar-refractivity contribution is 5.71. The van der Waals surface area contributed by atoms with E-state index in [9.17, 15) is 14.4 Å². The predicted molar refractivity (Wildman–Crippen MR) is 284 cm³/mol. The summed E-state index contributed by atoms with van der Waals surface area (Å²) < 4.78 is 16.7. The molecule has 0 saturated carbocycles. The van der Waals surface area contributed by atoms with E-state index >= 15 is 0 Å². The Balaban J connectivity index is 4.56. The van der Waals surface area contributed by atoms with E-state index in [0.29, 0.717) is 19.3 Å². The zero-order chi connectivity index (χ0) is 47.9. The molecule has 0 aliphatic carbocycles. The van der Waals surface area contributed by atoms with E-state index in [1.165, 1.54) is 135 Å². The lowest BCUT2D eigenvalue weighted by atomic mass is 10.1. The number of esters is 3. The Morgan fingerprint density at radius 1 is 0.303 bits per heavy atom. The summed E-state index contributed by atoms with van der Waals surface area (Å²) in [5.74, 6) is -1.04. The number of carbonyl (C=O) groups is 3. The molecule has 6 nitrogen and oxygen atoms in total. The molecule has 1 unspecified atom stereocenters. The van der Waals surface area contributed by atoms with Gasteiger partial charge in [-0.1, -0.05) is 215 Å². The van der Waals surface area contributed by atoms with Gasteiger partial charge >= 0.3 is 17.9 Å². The molecule has 0 spiro atoms. The Morgan fingerprint density at radius 2 is 0.561 bits per heavy atom. The first-order valence-electron chi connectivity index (χ1n) is 27.6. The molecule has 0 saturated heterocycles. The zero-order valence-electron chi connectivity index (χ0n) is 43.2. The Morgan fingerprint density at radius 3 is 0.924 bits per heavy atom. The molecule has 0 bridgehead atoms. The summed E-state index contributed by atoms with van der Waals surface area (Å²) in [6, 6.07) is 0. The molecule has 0 fully saturated rings. The lowest BCUT2D eigenvalue weighted by Crippen LogP contribution is -2.30. The third-order valence-corrected chi connectivity index (χ3v) is 11.6.